The van der Waals surface area contributed by atoms with Crippen LogP contribution in [0.5, 0.6) is 0 Å². The number of carbonyl (C=O) groups is 1. The molecule has 3 fully saturated rings. The van der Waals surface area contributed by atoms with Gasteiger partial charge in [-0.05, 0) is 30.2 Å². The number of nitrogens with one attached hydrogen (secondary N) is 1. The van der Waals surface area contributed by atoms with Gasteiger partial charge in [0.05, 0.1) is 24.7 Å². The summed E-state index contributed by atoms with van der Waals surface area (Å²) < 4.78 is 5.82. The van der Waals surface area contributed by atoms with Gasteiger partial charge < -0.3 is 4.74 Å². The smallest absolute Gasteiger partial charge is 0.249 e. The number of fused-ring (bicyclic) bond motifs is 5. The lowest BCUT2D eigenvalue weighted by Gasteiger charge is -2.17. The molecule has 2 aliphatic heterocycles. The van der Waals surface area contributed by atoms with Gasteiger partial charge in [-0.1, -0.05) is 30.3 Å². The minimum atomic E-state index is -0.0196. The second-order valence-electron chi connectivity index (χ2n) is 5.79. The fourth-order valence-electron chi connectivity index (χ4n) is 3.55. The van der Waals surface area contributed by atoms with Crippen LogP contribution in [0.3, 0.4) is 0 Å². The van der Waals surface area contributed by atoms with Gasteiger partial charge in [-0.3, -0.25) is 9.63 Å². The largest absolute Gasteiger partial charge is 0.374 e. The molecule has 1 saturated carbocycles. The molecule has 4 heteroatoms. The Balaban J connectivity index is 1.28. The summed E-state index contributed by atoms with van der Waals surface area (Å²) in [5.74, 6) is 1.36. The van der Waals surface area contributed by atoms with Crippen LogP contribution in [0.25, 0.3) is 0 Å². The van der Waals surface area contributed by atoms with Crippen molar-refractivity contribution in [2.75, 3.05) is 0 Å². The van der Waals surface area contributed by atoms with E-state index < -0.39 is 0 Å². The number of hydrogen-bond acceptors (Lipinski definition) is 3. The Hall–Kier alpha value is -1.39. The number of amides is 1. The number of benzene rings is 1. The topological polar surface area (TPSA) is 47.6 Å². The van der Waals surface area contributed by atoms with Crippen molar-refractivity contribution in [3.63, 3.8) is 0 Å². The van der Waals surface area contributed by atoms with E-state index in [4.69, 9.17) is 9.57 Å². The van der Waals surface area contributed by atoms with Crippen molar-refractivity contribution >= 4 is 5.91 Å². The molecule has 2 heterocycles. The van der Waals surface area contributed by atoms with Crippen molar-refractivity contribution in [1.29, 1.82) is 0 Å². The third-order valence-corrected chi connectivity index (χ3v) is 4.60. The highest BCUT2D eigenvalue weighted by atomic mass is 16.7. The fourth-order valence-corrected chi connectivity index (χ4v) is 3.55. The number of rotatable bonds is 4. The average molecular weight is 259 g/mol. The second kappa shape index (κ2) is 4.32. The Labute approximate surface area is 112 Å². The molecule has 5 atom stereocenters. The van der Waals surface area contributed by atoms with Crippen molar-refractivity contribution in [1.82, 2.24) is 5.48 Å². The van der Waals surface area contributed by atoms with Gasteiger partial charge in [-0.2, -0.15) is 0 Å². The lowest BCUT2D eigenvalue weighted by molar-refractivity contribution is -0.140. The SMILES string of the molecule is O=C(NOCc1ccccc1)[C@@H]1C[C@@H]2O[C@H]1[C@H]1C[C@H]12. The summed E-state index contributed by atoms with van der Waals surface area (Å²) >= 11 is 0. The molecular weight excluding hydrogens is 242 g/mol. The molecule has 0 aromatic heterocycles. The van der Waals surface area contributed by atoms with E-state index in [-0.39, 0.29) is 17.9 Å². The number of hydroxylamine groups is 1. The Morgan fingerprint density at radius 2 is 2.11 bits per heavy atom. The molecule has 2 saturated heterocycles. The molecule has 1 aromatic rings. The summed E-state index contributed by atoms with van der Waals surface area (Å²) in [6.07, 6.45) is 2.60. The summed E-state index contributed by atoms with van der Waals surface area (Å²) in [6, 6.07) is 9.82. The Kier molecular flexibility index (Phi) is 2.60. The van der Waals surface area contributed by atoms with Crippen molar-refractivity contribution in [2.45, 2.75) is 31.7 Å². The van der Waals surface area contributed by atoms with Gasteiger partial charge in [0.1, 0.15) is 0 Å². The summed E-state index contributed by atoms with van der Waals surface area (Å²) in [4.78, 5) is 17.4. The first-order valence-electron chi connectivity index (χ1n) is 6.94. The van der Waals surface area contributed by atoms with Crippen LogP contribution in [0.2, 0.25) is 0 Å². The zero-order chi connectivity index (χ0) is 12.8. The van der Waals surface area contributed by atoms with Gasteiger partial charge in [-0.25, -0.2) is 5.48 Å². The van der Waals surface area contributed by atoms with E-state index in [0.717, 1.165) is 17.9 Å². The summed E-state index contributed by atoms with van der Waals surface area (Å²) in [5, 5.41) is 0. The first-order valence-corrected chi connectivity index (χ1v) is 6.94. The van der Waals surface area contributed by atoms with E-state index in [1.54, 1.807) is 0 Å². The van der Waals surface area contributed by atoms with Crippen molar-refractivity contribution in [3.05, 3.63) is 35.9 Å². The van der Waals surface area contributed by atoms with Gasteiger partial charge in [0.2, 0.25) is 5.91 Å². The van der Waals surface area contributed by atoms with Gasteiger partial charge in [0, 0.05) is 0 Å². The van der Waals surface area contributed by atoms with E-state index in [9.17, 15) is 4.79 Å². The molecule has 0 radical (unpaired) electrons. The maximum absolute atomic E-state index is 12.1. The van der Waals surface area contributed by atoms with Crippen LogP contribution in [0.4, 0.5) is 0 Å². The van der Waals surface area contributed by atoms with Gasteiger partial charge >= 0.3 is 0 Å². The third kappa shape index (κ3) is 1.95. The first kappa shape index (κ1) is 11.4. The van der Waals surface area contributed by atoms with Gasteiger partial charge in [0.25, 0.3) is 0 Å². The average Bonchev–Trinajstić information content (AvgIpc) is 3.04. The third-order valence-electron chi connectivity index (χ3n) is 4.60. The zero-order valence-corrected chi connectivity index (χ0v) is 10.6. The molecule has 100 valence electrons. The van der Waals surface area contributed by atoms with Crippen LogP contribution in [0, 0.1) is 17.8 Å². The van der Waals surface area contributed by atoms with Gasteiger partial charge in [0.15, 0.2) is 0 Å². The molecule has 1 N–H and O–H groups in total. The number of carbonyl (C=O) groups excluding carboxylic acids is 1. The Morgan fingerprint density at radius 3 is 2.84 bits per heavy atom. The van der Waals surface area contributed by atoms with E-state index in [1.807, 2.05) is 30.3 Å². The lowest BCUT2D eigenvalue weighted by Crippen LogP contribution is -2.36. The normalized spacial score (nSPS) is 38.0. The van der Waals surface area contributed by atoms with Crippen LogP contribution >= 0.6 is 0 Å². The highest BCUT2D eigenvalue weighted by molar-refractivity contribution is 5.79. The minimum absolute atomic E-state index is 0.00970. The number of hydrogen-bond donors (Lipinski definition) is 1. The minimum Gasteiger partial charge on any atom is -0.374 e. The van der Waals surface area contributed by atoms with Crippen LogP contribution in [-0.4, -0.2) is 18.1 Å². The van der Waals surface area contributed by atoms with E-state index >= 15 is 0 Å². The Morgan fingerprint density at radius 1 is 1.26 bits per heavy atom. The summed E-state index contributed by atoms with van der Waals surface area (Å²) in [6.45, 7) is 0.403. The molecule has 1 aliphatic carbocycles. The summed E-state index contributed by atoms with van der Waals surface area (Å²) in [5.41, 5.74) is 3.63. The van der Waals surface area contributed by atoms with E-state index in [1.165, 1.54) is 6.42 Å². The van der Waals surface area contributed by atoms with E-state index in [0.29, 0.717) is 18.6 Å². The Bertz CT molecular complexity index is 489. The fraction of sp³-hybridized carbons (Fsp3) is 0.533. The standard InChI is InChI=1S/C15H17NO3/c17-15(16-18-8-9-4-2-1-3-5-9)12-7-13-10-6-11(10)14(12)19-13/h1-5,10-14H,6-8H2,(H,16,17)/t10-,11+,12-,13+,14+/m1/s1. The molecule has 1 amide bonds. The molecule has 1 aromatic carbocycles. The molecule has 19 heavy (non-hydrogen) atoms. The van der Waals surface area contributed by atoms with Crippen LogP contribution < -0.4 is 5.48 Å². The monoisotopic (exact) mass is 259 g/mol. The van der Waals surface area contributed by atoms with Crippen LogP contribution in [0.1, 0.15) is 18.4 Å². The highest BCUT2D eigenvalue weighted by Gasteiger charge is 2.64. The quantitative estimate of drug-likeness (QED) is 0.836. The highest BCUT2D eigenvalue weighted by Crippen LogP contribution is 2.60. The molecule has 4 rings (SSSR count). The van der Waals surface area contributed by atoms with Crippen molar-refractivity contribution in [3.8, 4) is 0 Å². The summed E-state index contributed by atoms with van der Waals surface area (Å²) in [7, 11) is 0. The predicted octanol–water partition coefficient (Wildman–Crippen LogP) is 1.66. The maximum Gasteiger partial charge on any atom is 0.249 e. The zero-order valence-electron chi connectivity index (χ0n) is 10.6. The van der Waals surface area contributed by atoms with Crippen molar-refractivity contribution < 1.29 is 14.4 Å². The van der Waals surface area contributed by atoms with E-state index in [2.05, 4.69) is 5.48 Å². The van der Waals surface area contributed by atoms with Crippen LogP contribution in [-0.2, 0) is 21.0 Å². The molecule has 4 nitrogen and oxygen atoms in total. The molecular formula is C15H17NO3. The van der Waals surface area contributed by atoms with Crippen molar-refractivity contribution in [2.24, 2.45) is 17.8 Å². The van der Waals surface area contributed by atoms with Gasteiger partial charge in [-0.15, -0.1) is 0 Å². The molecule has 0 spiro atoms. The molecule has 3 aliphatic rings. The van der Waals surface area contributed by atoms with Crippen LogP contribution in [0.15, 0.2) is 30.3 Å². The number of ether oxygens (including phenoxy) is 1. The predicted molar refractivity (Wildman–Crippen MR) is 67.7 cm³/mol. The molecule has 0 unspecified atom stereocenters. The maximum atomic E-state index is 12.1. The first-order chi connectivity index (χ1) is 9.33. The lowest BCUT2D eigenvalue weighted by atomic mass is 9.89. The molecule has 2 bridgehead atoms. The second-order valence-corrected chi connectivity index (χ2v) is 5.79.